The Labute approximate surface area is 162 Å². The average molecular weight is 389 g/mol. The van der Waals surface area contributed by atoms with E-state index >= 15 is 0 Å². The first kappa shape index (κ1) is 20.9. The second-order valence-electron chi connectivity index (χ2n) is 6.69. The summed E-state index contributed by atoms with van der Waals surface area (Å²) in [5.74, 6) is -1.11. The fourth-order valence-electron chi connectivity index (χ4n) is 2.24. The first-order valence-corrected chi connectivity index (χ1v) is 8.61. The molecule has 0 aliphatic heterocycles. The minimum Gasteiger partial charge on any atom is -0.465 e. The molecule has 2 rings (SSSR count). The van der Waals surface area contributed by atoms with Gasteiger partial charge in [0.25, 0.3) is 0 Å². The molecular weight excluding hydrogens is 366 g/mol. The van der Waals surface area contributed by atoms with Gasteiger partial charge in [0.2, 0.25) is 0 Å². The molecule has 9 nitrogen and oxygen atoms in total. The van der Waals surface area contributed by atoms with E-state index in [2.05, 4.69) is 10.4 Å². The maximum Gasteiger partial charge on any atom is 0.437 e. The molecule has 0 spiro atoms. The smallest absolute Gasteiger partial charge is 0.437 e. The van der Waals surface area contributed by atoms with Crippen LogP contribution in [0, 0.1) is 0 Å². The average Bonchev–Trinajstić information content (AvgIpc) is 3.04. The standard InChI is InChI=1S/C19H23N3O6/c1-6-27-17(24)14-11-15(22(21-14)18(25)28-19(2,3)4)20-13-10-8-7-9-12(13)16(23)26-5/h7-11,20H,6H2,1-5H3. The van der Waals surface area contributed by atoms with E-state index in [9.17, 15) is 14.4 Å². The number of nitrogens with one attached hydrogen (secondary N) is 1. The summed E-state index contributed by atoms with van der Waals surface area (Å²) < 4.78 is 15.9. The molecule has 0 bridgehead atoms. The van der Waals surface area contributed by atoms with E-state index in [4.69, 9.17) is 14.2 Å². The number of aromatic nitrogens is 2. The van der Waals surface area contributed by atoms with Gasteiger partial charge in [-0.25, -0.2) is 14.4 Å². The van der Waals surface area contributed by atoms with Gasteiger partial charge in [0.05, 0.1) is 25.0 Å². The summed E-state index contributed by atoms with van der Waals surface area (Å²) in [6, 6.07) is 7.91. The zero-order chi connectivity index (χ0) is 20.9. The summed E-state index contributed by atoms with van der Waals surface area (Å²) in [6.45, 7) is 6.95. The molecule has 150 valence electrons. The van der Waals surface area contributed by atoms with Crippen LogP contribution in [0.1, 0.15) is 48.5 Å². The highest BCUT2D eigenvalue weighted by molar-refractivity contribution is 5.97. The molecular formula is C19H23N3O6. The number of ether oxygens (including phenoxy) is 3. The van der Waals surface area contributed by atoms with E-state index in [1.807, 2.05) is 0 Å². The van der Waals surface area contributed by atoms with Crippen molar-refractivity contribution in [2.24, 2.45) is 0 Å². The van der Waals surface area contributed by atoms with Crippen molar-refractivity contribution < 1.29 is 28.6 Å². The molecule has 1 heterocycles. The van der Waals surface area contributed by atoms with Gasteiger partial charge < -0.3 is 19.5 Å². The van der Waals surface area contributed by atoms with Crippen LogP contribution in [0.3, 0.4) is 0 Å². The molecule has 1 aromatic heterocycles. The number of hydrogen-bond acceptors (Lipinski definition) is 8. The van der Waals surface area contributed by atoms with Crippen molar-refractivity contribution in [2.45, 2.75) is 33.3 Å². The summed E-state index contributed by atoms with van der Waals surface area (Å²) in [5.41, 5.74) is -0.228. The molecule has 2 aromatic rings. The quantitative estimate of drug-likeness (QED) is 0.612. The third-order valence-electron chi connectivity index (χ3n) is 3.36. The van der Waals surface area contributed by atoms with E-state index < -0.39 is 23.6 Å². The van der Waals surface area contributed by atoms with Crippen LogP contribution in [-0.4, -0.2) is 47.1 Å². The molecule has 0 saturated heterocycles. The monoisotopic (exact) mass is 389 g/mol. The Kier molecular flexibility index (Phi) is 6.40. The normalized spacial score (nSPS) is 10.9. The number of benzene rings is 1. The van der Waals surface area contributed by atoms with Crippen LogP contribution in [0.2, 0.25) is 0 Å². The third kappa shape index (κ3) is 5.09. The van der Waals surface area contributed by atoms with Crippen molar-refractivity contribution in [3.8, 4) is 0 Å². The molecule has 0 fully saturated rings. The molecule has 1 aromatic carbocycles. The maximum absolute atomic E-state index is 12.5. The predicted molar refractivity (Wildman–Crippen MR) is 101 cm³/mol. The zero-order valence-corrected chi connectivity index (χ0v) is 16.4. The largest absolute Gasteiger partial charge is 0.465 e. The highest BCUT2D eigenvalue weighted by Crippen LogP contribution is 2.24. The molecule has 9 heteroatoms. The van der Waals surface area contributed by atoms with E-state index in [0.717, 1.165) is 4.68 Å². The highest BCUT2D eigenvalue weighted by Gasteiger charge is 2.25. The minimum absolute atomic E-state index is 0.0780. The number of nitrogens with zero attached hydrogens (tertiary/aromatic N) is 2. The molecule has 0 aliphatic carbocycles. The summed E-state index contributed by atoms with van der Waals surface area (Å²) in [7, 11) is 1.27. The lowest BCUT2D eigenvalue weighted by Crippen LogP contribution is -2.28. The lowest BCUT2D eigenvalue weighted by molar-refractivity contribution is 0.0501. The van der Waals surface area contributed by atoms with Crippen molar-refractivity contribution in [1.29, 1.82) is 0 Å². The van der Waals surface area contributed by atoms with Crippen LogP contribution in [-0.2, 0) is 14.2 Å². The molecule has 28 heavy (non-hydrogen) atoms. The Balaban J connectivity index is 2.46. The number of rotatable bonds is 5. The summed E-state index contributed by atoms with van der Waals surface area (Å²) in [4.78, 5) is 36.6. The molecule has 0 radical (unpaired) electrons. The summed E-state index contributed by atoms with van der Waals surface area (Å²) in [6.07, 6.45) is -0.791. The number of carbonyl (C=O) groups excluding carboxylic acids is 3. The molecule has 1 N–H and O–H groups in total. The van der Waals surface area contributed by atoms with E-state index in [1.165, 1.54) is 13.2 Å². The lowest BCUT2D eigenvalue weighted by atomic mass is 10.2. The van der Waals surface area contributed by atoms with Gasteiger partial charge in [-0.15, -0.1) is 4.68 Å². The molecule has 0 unspecified atom stereocenters. The second-order valence-corrected chi connectivity index (χ2v) is 6.69. The Morgan fingerprint density at radius 1 is 1.14 bits per heavy atom. The minimum atomic E-state index is -0.791. The molecule has 0 amide bonds. The highest BCUT2D eigenvalue weighted by atomic mass is 16.6. The van der Waals surface area contributed by atoms with E-state index in [0.29, 0.717) is 5.69 Å². The van der Waals surface area contributed by atoms with Crippen LogP contribution in [0.5, 0.6) is 0 Å². The Morgan fingerprint density at radius 3 is 2.43 bits per heavy atom. The summed E-state index contributed by atoms with van der Waals surface area (Å²) in [5, 5.41) is 6.92. The van der Waals surface area contributed by atoms with Crippen LogP contribution in [0.4, 0.5) is 16.3 Å². The van der Waals surface area contributed by atoms with Gasteiger partial charge in [0.15, 0.2) is 5.69 Å². The molecule has 0 atom stereocenters. The predicted octanol–water partition coefficient (Wildman–Crippen LogP) is 3.37. The summed E-state index contributed by atoms with van der Waals surface area (Å²) >= 11 is 0. The van der Waals surface area contributed by atoms with Crippen LogP contribution in [0.15, 0.2) is 30.3 Å². The van der Waals surface area contributed by atoms with Gasteiger partial charge in [-0.2, -0.15) is 5.10 Å². The third-order valence-corrected chi connectivity index (χ3v) is 3.36. The van der Waals surface area contributed by atoms with Crippen molar-refractivity contribution in [2.75, 3.05) is 19.0 Å². The van der Waals surface area contributed by atoms with Crippen molar-refractivity contribution in [1.82, 2.24) is 9.78 Å². The van der Waals surface area contributed by atoms with Gasteiger partial charge in [-0.1, -0.05) is 12.1 Å². The SMILES string of the molecule is CCOC(=O)c1cc(Nc2ccccc2C(=O)OC)n(C(=O)OC(C)(C)C)n1. The Morgan fingerprint density at radius 2 is 1.82 bits per heavy atom. The fourth-order valence-corrected chi connectivity index (χ4v) is 2.24. The van der Waals surface area contributed by atoms with Crippen LogP contribution < -0.4 is 5.32 Å². The van der Waals surface area contributed by atoms with E-state index in [-0.39, 0.29) is 23.7 Å². The number of methoxy groups -OCH3 is 1. The lowest BCUT2D eigenvalue weighted by Gasteiger charge is -2.20. The van der Waals surface area contributed by atoms with Gasteiger partial charge in [0, 0.05) is 6.07 Å². The Bertz CT molecular complexity index is 882. The number of hydrogen-bond donors (Lipinski definition) is 1. The fraction of sp³-hybridized carbons (Fsp3) is 0.368. The Hall–Kier alpha value is -3.36. The van der Waals surface area contributed by atoms with Crippen LogP contribution >= 0.6 is 0 Å². The van der Waals surface area contributed by atoms with Gasteiger partial charge >= 0.3 is 18.0 Å². The number of carbonyl (C=O) groups is 3. The maximum atomic E-state index is 12.5. The topological polar surface area (TPSA) is 109 Å². The van der Waals surface area contributed by atoms with Gasteiger partial charge in [-0.05, 0) is 39.8 Å². The number of esters is 2. The van der Waals surface area contributed by atoms with Crippen LogP contribution in [0.25, 0.3) is 0 Å². The zero-order valence-electron chi connectivity index (χ0n) is 16.4. The first-order valence-electron chi connectivity index (χ1n) is 8.61. The number of para-hydroxylation sites is 1. The second kappa shape index (κ2) is 8.55. The van der Waals surface area contributed by atoms with Crippen molar-refractivity contribution in [3.05, 3.63) is 41.6 Å². The van der Waals surface area contributed by atoms with Crippen molar-refractivity contribution >= 4 is 29.5 Å². The van der Waals surface area contributed by atoms with Gasteiger partial charge in [0.1, 0.15) is 11.4 Å². The van der Waals surface area contributed by atoms with Crippen molar-refractivity contribution in [3.63, 3.8) is 0 Å². The van der Waals surface area contributed by atoms with Gasteiger partial charge in [-0.3, -0.25) is 0 Å². The first-order chi connectivity index (χ1) is 13.2. The number of anilines is 2. The molecule has 0 saturated carbocycles. The molecule has 0 aliphatic rings. The van der Waals surface area contributed by atoms with E-state index in [1.54, 1.807) is 52.0 Å².